The fourth-order valence-corrected chi connectivity index (χ4v) is 3.95. The highest BCUT2D eigenvalue weighted by Crippen LogP contribution is 2.35. The van der Waals surface area contributed by atoms with Crippen LogP contribution in [-0.2, 0) is 23.0 Å². The molecule has 0 radical (unpaired) electrons. The maximum absolute atomic E-state index is 12.8. The first-order valence-corrected chi connectivity index (χ1v) is 9.14. The van der Waals surface area contributed by atoms with Crippen molar-refractivity contribution in [1.82, 2.24) is 19.7 Å². The second-order valence-corrected chi connectivity index (χ2v) is 7.38. The predicted octanol–water partition coefficient (Wildman–Crippen LogP) is 1.11. The lowest BCUT2D eigenvalue weighted by atomic mass is 9.87. The number of ether oxygens (including phenoxy) is 1. The standard InChI is InChI=1S/C19H25N5O2/c1-22-8-5-16(21-22)12-18(25)24-10-11-26-15-19(14-24)6-9-23(13-19)17-4-2-3-7-20-17/h2-5,7-8H,6,9-15H2,1H3/t19-/m1/s1. The SMILES string of the molecule is Cn1ccc(CC(=O)N2CCOC[C@@]3(CCN(c4ccccn4)C3)C2)n1. The number of hydrogen-bond acceptors (Lipinski definition) is 5. The fourth-order valence-electron chi connectivity index (χ4n) is 3.95. The molecule has 138 valence electrons. The highest BCUT2D eigenvalue weighted by atomic mass is 16.5. The molecule has 4 rings (SSSR count). The van der Waals surface area contributed by atoms with E-state index in [1.54, 1.807) is 4.68 Å². The molecule has 0 bridgehead atoms. The second kappa shape index (κ2) is 7.07. The van der Waals surface area contributed by atoms with Gasteiger partial charge in [0.05, 0.1) is 25.3 Å². The Hall–Kier alpha value is -2.41. The summed E-state index contributed by atoms with van der Waals surface area (Å²) in [6.45, 7) is 4.50. The van der Waals surface area contributed by atoms with Crippen LogP contribution < -0.4 is 4.90 Å². The van der Waals surface area contributed by atoms with Crippen molar-refractivity contribution in [2.75, 3.05) is 44.3 Å². The number of nitrogens with zero attached hydrogens (tertiary/aromatic N) is 5. The molecule has 7 nitrogen and oxygen atoms in total. The molecule has 0 aromatic carbocycles. The molecule has 0 unspecified atom stereocenters. The first-order valence-electron chi connectivity index (χ1n) is 9.14. The van der Waals surface area contributed by atoms with Gasteiger partial charge in [0, 0.05) is 51.0 Å². The summed E-state index contributed by atoms with van der Waals surface area (Å²) < 4.78 is 7.62. The molecule has 1 spiro atoms. The van der Waals surface area contributed by atoms with Crippen LogP contribution in [0.5, 0.6) is 0 Å². The Kier molecular flexibility index (Phi) is 4.63. The van der Waals surface area contributed by atoms with Crippen molar-refractivity contribution in [3.63, 3.8) is 0 Å². The molecule has 2 aliphatic rings. The van der Waals surface area contributed by atoms with Gasteiger partial charge in [0.25, 0.3) is 0 Å². The third-order valence-electron chi connectivity index (χ3n) is 5.31. The molecule has 2 aliphatic heterocycles. The zero-order chi connectivity index (χ0) is 18.0. The van der Waals surface area contributed by atoms with E-state index in [2.05, 4.69) is 15.0 Å². The second-order valence-electron chi connectivity index (χ2n) is 7.38. The van der Waals surface area contributed by atoms with Gasteiger partial charge in [0.2, 0.25) is 5.91 Å². The normalized spacial score (nSPS) is 23.4. The number of pyridine rings is 1. The maximum atomic E-state index is 12.8. The Bertz CT molecular complexity index is 762. The average Bonchev–Trinajstić information content (AvgIpc) is 3.18. The fraction of sp³-hybridized carbons (Fsp3) is 0.526. The summed E-state index contributed by atoms with van der Waals surface area (Å²) in [7, 11) is 1.87. The number of carbonyl (C=O) groups excluding carboxylic acids is 1. The average molecular weight is 355 g/mol. The lowest BCUT2D eigenvalue weighted by Gasteiger charge is -2.32. The molecule has 0 saturated carbocycles. The van der Waals surface area contributed by atoms with Crippen molar-refractivity contribution in [2.24, 2.45) is 12.5 Å². The van der Waals surface area contributed by atoms with Crippen molar-refractivity contribution in [3.8, 4) is 0 Å². The highest BCUT2D eigenvalue weighted by Gasteiger charge is 2.42. The van der Waals surface area contributed by atoms with E-state index in [1.807, 2.05) is 48.6 Å². The van der Waals surface area contributed by atoms with Crippen molar-refractivity contribution >= 4 is 11.7 Å². The van der Waals surface area contributed by atoms with E-state index in [0.717, 1.165) is 37.6 Å². The molecule has 0 N–H and O–H groups in total. The van der Waals surface area contributed by atoms with E-state index in [4.69, 9.17) is 4.74 Å². The van der Waals surface area contributed by atoms with Crippen LogP contribution in [0, 0.1) is 5.41 Å². The molecule has 2 saturated heterocycles. The molecular weight excluding hydrogens is 330 g/mol. The smallest absolute Gasteiger partial charge is 0.228 e. The molecule has 7 heteroatoms. The number of hydrogen-bond donors (Lipinski definition) is 0. The van der Waals surface area contributed by atoms with Gasteiger partial charge >= 0.3 is 0 Å². The molecule has 1 amide bonds. The number of aromatic nitrogens is 3. The van der Waals surface area contributed by atoms with Crippen LogP contribution in [0.1, 0.15) is 12.1 Å². The van der Waals surface area contributed by atoms with Crippen molar-refractivity contribution in [1.29, 1.82) is 0 Å². The van der Waals surface area contributed by atoms with E-state index in [1.165, 1.54) is 0 Å². The van der Waals surface area contributed by atoms with Crippen LogP contribution in [-0.4, -0.2) is 65.0 Å². The topological polar surface area (TPSA) is 63.5 Å². The van der Waals surface area contributed by atoms with Crippen LogP contribution in [0.25, 0.3) is 0 Å². The number of rotatable bonds is 3. The summed E-state index contributed by atoms with van der Waals surface area (Å²) in [6, 6.07) is 7.89. The maximum Gasteiger partial charge on any atom is 0.228 e. The summed E-state index contributed by atoms with van der Waals surface area (Å²) in [5.74, 6) is 1.13. The highest BCUT2D eigenvalue weighted by molar-refractivity contribution is 5.78. The van der Waals surface area contributed by atoms with E-state index < -0.39 is 0 Å². The van der Waals surface area contributed by atoms with Gasteiger partial charge in [-0.25, -0.2) is 4.98 Å². The van der Waals surface area contributed by atoms with Gasteiger partial charge in [-0.05, 0) is 24.6 Å². The Morgan fingerprint density at radius 1 is 1.27 bits per heavy atom. The predicted molar refractivity (Wildman–Crippen MR) is 97.8 cm³/mol. The Labute approximate surface area is 153 Å². The van der Waals surface area contributed by atoms with Crippen molar-refractivity contribution < 1.29 is 9.53 Å². The van der Waals surface area contributed by atoms with Crippen molar-refractivity contribution in [3.05, 3.63) is 42.4 Å². The first-order chi connectivity index (χ1) is 12.6. The minimum Gasteiger partial charge on any atom is -0.379 e. The Balaban J connectivity index is 1.45. The Morgan fingerprint density at radius 3 is 2.96 bits per heavy atom. The summed E-state index contributed by atoms with van der Waals surface area (Å²) in [5, 5.41) is 4.33. The summed E-state index contributed by atoms with van der Waals surface area (Å²) >= 11 is 0. The van der Waals surface area contributed by atoms with E-state index in [-0.39, 0.29) is 11.3 Å². The van der Waals surface area contributed by atoms with E-state index in [0.29, 0.717) is 26.2 Å². The molecule has 2 aromatic heterocycles. The molecule has 2 fully saturated rings. The van der Waals surface area contributed by atoms with Gasteiger partial charge in [-0.3, -0.25) is 9.48 Å². The van der Waals surface area contributed by atoms with Gasteiger partial charge in [-0.1, -0.05) is 6.07 Å². The lowest BCUT2D eigenvalue weighted by Crippen LogP contribution is -2.44. The monoisotopic (exact) mass is 355 g/mol. The number of amides is 1. The van der Waals surface area contributed by atoms with Gasteiger partial charge in [-0.15, -0.1) is 0 Å². The van der Waals surface area contributed by atoms with Crippen molar-refractivity contribution in [2.45, 2.75) is 12.8 Å². The minimum absolute atomic E-state index is 0.0200. The van der Waals surface area contributed by atoms with Gasteiger partial charge < -0.3 is 14.5 Å². The molecule has 0 aliphatic carbocycles. The summed E-state index contributed by atoms with van der Waals surface area (Å²) in [4.78, 5) is 21.5. The van der Waals surface area contributed by atoms with Crippen LogP contribution in [0.4, 0.5) is 5.82 Å². The quantitative estimate of drug-likeness (QED) is 0.825. The minimum atomic E-state index is -0.0200. The molecule has 26 heavy (non-hydrogen) atoms. The lowest BCUT2D eigenvalue weighted by molar-refractivity contribution is -0.131. The third-order valence-corrected chi connectivity index (χ3v) is 5.31. The van der Waals surface area contributed by atoms with Crippen LogP contribution in [0.15, 0.2) is 36.7 Å². The Morgan fingerprint density at radius 2 is 2.19 bits per heavy atom. The third kappa shape index (κ3) is 3.58. The van der Waals surface area contributed by atoms with E-state index >= 15 is 0 Å². The zero-order valence-electron chi connectivity index (χ0n) is 15.2. The molecule has 2 aromatic rings. The van der Waals surface area contributed by atoms with Gasteiger partial charge in [-0.2, -0.15) is 5.10 Å². The van der Waals surface area contributed by atoms with Gasteiger partial charge in [0.15, 0.2) is 0 Å². The summed E-state index contributed by atoms with van der Waals surface area (Å²) in [5.41, 5.74) is 0.798. The zero-order valence-corrected chi connectivity index (χ0v) is 15.2. The molecular formula is C19H25N5O2. The largest absolute Gasteiger partial charge is 0.379 e. The number of anilines is 1. The van der Waals surface area contributed by atoms with Crippen LogP contribution in [0.3, 0.4) is 0 Å². The van der Waals surface area contributed by atoms with Crippen LogP contribution >= 0.6 is 0 Å². The van der Waals surface area contributed by atoms with E-state index in [9.17, 15) is 4.79 Å². The molecule has 4 heterocycles. The molecule has 1 atom stereocenters. The van der Waals surface area contributed by atoms with Crippen LogP contribution in [0.2, 0.25) is 0 Å². The first kappa shape index (κ1) is 17.0. The summed E-state index contributed by atoms with van der Waals surface area (Å²) in [6.07, 6.45) is 5.06. The van der Waals surface area contributed by atoms with Gasteiger partial charge in [0.1, 0.15) is 5.82 Å². The number of carbonyl (C=O) groups is 1. The number of aryl methyl sites for hydroxylation is 1.